The molecular weight excluding hydrogens is 519 g/mol. The summed E-state index contributed by atoms with van der Waals surface area (Å²) in [7, 11) is -8.45. The zero-order chi connectivity index (χ0) is 28.1. The summed E-state index contributed by atoms with van der Waals surface area (Å²) in [5, 5.41) is -3.39. The van der Waals surface area contributed by atoms with Crippen molar-refractivity contribution in [3.05, 3.63) is 57.6 Å². The maximum Gasteiger partial charge on any atom is 0.338 e. The van der Waals surface area contributed by atoms with Crippen molar-refractivity contribution in [2.24, 2.45) is 0 Å². The molecule has 0 aromatic heterocycles. The Labute approximate surface area is 217 Å². The third-order valence-corrected chi connectivity index (χ3v) is 12.1. The van der Waals surface area contributed by atoms with Gasteiger partial charge in [0.2, 0.25) is 15.6 Å². The molecule has 1 unspecified atom stereocenters. The van der Waals surface area contributed by atoms with Gasteiger partial charge in [-0.25, -0.2) is 26.0 Å². The van der Waals surface area contributed by atoms with E-state index in [0.29, 0.717) is 5.56 Å². The van der Waals surface area contributed by atoms with Crippen LogP contribution in [0.4, 0.5) is 4.39 Å². The smallest absolute Gasteiger partial charge is 0.338 e. The Morgan fingerprint density at radius 1 is 0.865 bits per heavy atom. The second-order valence-corrected chi connectivity index (χ2v) is 15.3. The van der Waals surface area contributed by atoms with Crippen molar-refractivity contribution in [3.8, 4) is 0 Å². The molecule has 0 saturated carbocycles. The van der Waals surface area contributed by atoms with Gasteiger partial charge in [-0.05, 0) is 74.2 Å². The number of carbonyl (C=O) groups is 2. The summed E-state index contributed by atoms with van der Waals surface area (Å²) in [4.78, 5) is 26.3. The molecule has 37 heavy (non-hydrogen) atoms. The Morgan fingerprint density at radius 2 is 1.38 bits per heavy atom. The summed E-state index contributed by atoms with van der Waals surface area (Å²) in [5.74, 6) is -2.11. The number of alkyl halides is 1. The summed E-state index contributed by atoms with van der Waals surface area (Å²) in [6.07, 6.45) is -0.422. The fourth-order valence-corrected chi connectivity index (χ4v) is 10.7. The Balaban J connectivity index is 1.94. The molecule has 2 aromatic carbocycles. The lowest BCUT2D eigenvalue weighted by Crippen LogP contribution is -2.51. The molecule has 0 saturated heterocycles. The van der Waals surface area contributed by atoms with E-state index in [1.165, 1.54) is 45.9 Å². The van der Waals surface area contributed by atoms with Crippen molar-refractivity contribution in [1.29, 1.82) is 0 Å². The lowest BCUT2D eigenvalue weighted by molar-refractivity contribution is 0.0376. The van der Waals surface area contributed by atoms with Crippen LogP contribution in [0.5, 0.6) is 0 Å². The highest BCUT2D eigenvalue weighted by Crippen LogP contribution is 2.56. The van der Waals surface area contributed by atoms with Gasteiger partial charge in [0.15, 0.2) is 9.84 Å². The second kappa shape index (κ2) is 7.96. The molecular formula is C27H31FO7S2. The van der Waals surface area contributed by atoms with Gasteiger partial charge in [-0.1, -0.05) is 27.7 Å². The second-order valence-electron chi connectivity index (χ2n) is 11.4. The van der Waals surface area contributed by atoms with E-state index in [2.05, 4.69) is 0 Å². The Bertz CT molecular complexity index is 1600. The molecule has 2 aromatic rings. The summed E-state index contributed by atoms with van der Waals surface area (Å²) >= 11 is 0. The van der Waals surface area contributed by atoms with Gasteiger partial charge in [-0.15, -0.1) is 0 Å². The summed E-state index contributed by atoms with van der Waals surface area (Å²) in [5.41, 5.74) is -1.91. The number of halogens is 1. The fourth-order valence-electron chi connectivity index (χ4n) is 6.07. The van der Waals surface area contributed by atoms with E-state index in [1.54, 1.807) is 27.7 Å². The minimum atomic E-state index is -4.86. The van der Waals surface area contributed by atoms with E-state index < -0.39 is 53.4 Å². The third-order valence-electron chi connectivity index (χ3n) is 7.60. The van der Waals surface area contributed by atoms with Crippen molar-refractivity contribution in [3.63, 3.8) is 0 Å². The number of ketones is 1. The number of carbonyl (C=O) groups excluding carboxylic acids is 2. The van der Waals surface area contributed by atoms with Crippen LogP contribution in [0.2, 0.25) is 0 Å². The van der Waals surface area contributed by atoms with Crippen LogP contribution < -0.4 is 0 Å². The van der Waals surface area contributed by atoms with E-state index in [-0.39, 0.29) is 43.4 Å². The van der Waals surface area contributed by atoms with Crippen LogP contribution in [0.25, 0.3) is 0 Å². The molecule has 1 atom stereocenters. The van der Waals surface area contributed by atoms with Gasteiger partial charge < -0.3 is 4.74 Å². The van der Waals surface area contributed by atoms with E-state index >= 15 is 4.39 Å². The zero-order valence-corrected chi connectivity index (χ0v) is 23.8. The molecule has 4 rings (SSSR count). The summed E-state index contributed by atoms with van der Waals surface area (Å²) in [6, 6.07) is 4.88. The van der Waals surface area contributed by atoms with Gasteiger partial charge in [-0.2, -0.15) is 0 Å². The average molecular weight is 551 g/mol. The molecule has 0 bridgehead atoms. The maximum atomic E-state index is 17.2. The molecule has 2 aliphatic heterocycles. The van der Waals surface area contributed by atoms with E-state index in [1.807, 2.05) is 0 Å². The van der Waals surface area contributed by atoms with Crippen molar-refractivity contribution in [1.82, 2.24) is 0 Å². The zero-order valence-electron chi connectivity index (χ0n) is 22.1. The van der Waals surface area contributed by atoms with Crippen LogP contribution in [0.1, 0.15) is 84.5 Å². The SMILES string of the molecule is Cc1c(C(=O)C2(F)C(C)(C)c3c(ccc(C(=O)OC(C)C)c3C)S2(=O)=O)ccc2c1C(C)(C)CS2(=O)=O. The van der Waals surface area contributed by atoms with Crippen molar-refractivity contribution in [2.75, 3.05) is 5.75 Å². The number of esters is 1. The quantitative estimate of drug-likeness (QED) is 0.406. The number of sulfone groups is 2. The van der Waals surface area contributed by atoms with Crippen LogP contribution in [0, 0.1) is 13.8 Å². The van der Waals surface area contributed by atoms with Crippen LogP contribution in [-0.4, -0.2) is 45.4 Å². The number of Topliss-reactive ketones (excluding diaryl/α,β-unsaturated/α-hetero) is 1. The Morgan fingerprint density at radius 3 is 1.95 bits per heavy atom. The van der Waals surface area contributed by atoms with Crippen molar-refractivity contribution in [2.45, 2.75) is 87.1 Å². The normalized spacial score (nSPS) is 23.9. The van der Waals surface area contributed by atoms with Crippen LogP contribution in [-0.2, 0) is 35.2 Å². The first-order chi connectivity index (χ1) is 16.7. The fraction of sp³-hybridized carbons (Fsp3) is 0.481. The van der Waals surface area contributed by atoms with Crippen LogP contribution in [0.15, 0.2) is 34.1 Å². The first-order valence-electron chi connectivity index (χ1n) is 11.9. The van der Waals surface area contributed by atoms with Gasteiger partial charge in [0.25, 0.3) is 5.00 Å². The van der Waals surface area contributed by atoms with E-state index in [4.69, 9.17) is 4.74 Å². The minimum Gasteiger partial charge on any atom is -0.459 e. The molecule has 0 fully saturated rings. The highest BCUT2D eigenvalue weighted by atomic mass is 32.2. The van der Waals surface area contributed by atoms with Gasteiger partial charge in [0.1, 0.15) is 0 Å². The summed E-state index contributed by atoms with van der Waals surface area (Å²) in [6.45, 7) is 12.5. The largest absolute Gasteiger partial charge is 0.459 e. The molecule has 0 N–H and O–H groups in total. The molecule has 10 heteroatoms. The number of rotatable bonds is 4. The van der Waals surface area contributed by atoms with E-state index in [9.17, 15) is 26.4 Å². The molecule has 0 radical (unpaired) electrons. The molecule has 0 amide bonds. The monoisotopic (exact) mass is 550 g/mol. The van der Waals surface area contributed by atoms with Gasteiger partial charge in [0, 0.05) is 16.4 Å². The first-order valence-corrected chi connectivity index (χ1v) is 15.1. The first kappa shape index (κ1) is 27.4. The number of benzene rings is 2. The number of hydrogen-bond donors (Lipinski definition) is 0. The van der Waals surface area contributed by atoms with E-state index in [0.717, 1.165) is 6.07 Å². The van der Waals surface area contributed by atoms with Gasteiger partial charge in [0.05, 0.1) is 27.2 Å². The molecule has 2 aliphatic rings. The molecule has 0 spiro atoms. The number of fused-ring (bicyclic) bond motifs is 2. The van der Waals surface area contributed by atoms with Gasteiger partial charge in [-0.3, -0.25) is 4.79 Å². The van der Waals surface area contributed by atoms with Crippen molar-refractivity contribution < 1.29 is 35.6 Å². The number of ether oxygens (including phenoxy) is 1. The Kier molecular flexibility index (Phi) is 5.90. The third kappa shape index (κ3) is 3.47. The minimum absolute atomic E-state index is 0.0447. The molecule has 2 heterocycles. The number of hydrogen-bond acceptors (Lipinski definition) is 7. The lowest BCUT2D eigenvalue weighted by atomic mass is 9.73. The highest BCUT2D eigenvalue weighted by Gasteiger charge is 2.69. The molecule has 7 nitrogen and oxygen atoms in total. The lowest BCUT2D eigenvalue weighted by Gasteiger charge is -2.33. The van der Waals surface area contributed by atoms with Crippen LogP contribution >= 0.6 is 0 Å². The average Bonchev–Trinajstić information content (AvgIpc) is 3.01. The van der Waals surface area contributed by atoms with Crippen molar-refractivity contribution >= 4 is 31.4 Å². The Hall–Kier alpha value is -2.59. The predicted molar refractivity (Wildman–Crippen MR) is 136 cm³/mol. The summed E-state index contributed by atoms with van der Waals surface area (Å²) < 4.78 is 75.2. The highest BCUT2D eigenvalue weighted by molar-refractivity contribution is 7.94. The molecule has 200 valence electrons. The predicted octanol–water partition coefficient (Wildman–Crippen LogP) is 4.55. The topological polar surface area (TPSA) is 112 Å². The molecule has 0 aliphatic carbocycles. The van der Waals surface area contributed by atoms with Gasteiger partial charge >= 0.3 is 5.97 Å². The maximum absolute atomic E-state index is 17.2. The van der Waals surface area contributed by atoms with Crippen LogP contribution in [0.3, 0.4) is 0 Å². The standard InChI is InChI=1S/C27H31FO7S2/c1-14(2)35-24(30)18-10-12-20-22(16(18)4)26(7,8)27(28,37(20,33)34)23(29)17-9-11-19-21(15(17)3)25(5,6)13-36(19,31)32/h9-12,14H,13H2,1-8H3.